The summed E-state index contributed by atoms with van der Waals surface area (Å²) in [7, 11) is 0. The topological polar surface area (TPSA) is 50.2 Å². The lowest BCUT2D eigenvalue weighted by Crippen LogP contribution is -2.11. The van der Waals surface area contributed by atoms with E-state index in [1.54, 1.807) is 13.0 Å². The highest BCUT2D eigenvalue weighted by Crippen LogP contribution is 2.33. The first kappa shape index (κ1) is 20.7. The number of imidazole rings is 1. The predicted octanol–water partition coefficient (Wildman–Crippen LogP) is 5.89. The summed E-state index contributed by atoms with van der Waals surface area (Å²) < 4.78 is 59.7. The number of aromatic nitrogens is 3. The fourth-order valence-corrected chi connectivity index (χ4v) is 3.91. The second-order valence-corrected chi connectivity index (χ2v) is 7.58. The van der Waals surface area contributed by atoms with Gasteiger partial charge in [0.15, 0.2) is 5.43 Å². The van der Waals surface area contributed by atoms with Crippen molar-refractivity contribution in [1.82, 2.24) is 14.4 Å². The van der Waals surface area contributed by atoms with E-state index in [9.17, 15) is 13.6 Å². The van der Waals surface area contributed by atoms with Gasteiger partial charge in [-0.05, 0) is 43.3 Å². The van der Waals surface area contributed by atoms with Gasteiger partial charge in [-0.2, -0.15) is 0 Å². The molecule has 0 radical (unpaired) electrons. The standard InChI is InChI=1S/C25H15F4N3O/c1-13-12-30-25(31-13)14-9-18(28)23(19(29)10-14)24-21-4-2-3-20(32(21)8-7-22(24)33)16-6-5-15(26)11-17(16)27/h2-12H,1H3,(H,30,31). The molecule has 4 nitrogen and oxygen atoms in total. The molecule has 2 aromatic carbocycles. The summed E-state index contributed by atoms with van der Waals surface area (Å²) in [5, 5.41) is 0. The van der Waals surface area contributed by atoms with Gasteiger partial charge in [0, 0.05) is 41.3 Å². The number of hydrogen-bond acceptors (Lipinski definition) is 2. The van der Waals surface area contributed by atoms with Crippen LogP contribution in [-0.4, -0.2) is 14.4 Å². The van der Waals surface area contributed by atoms with Crippen molar-refractivity contribution in [2.24, 2.45) is 0 Å². The minimum atomic E-state index is -0.942. The maximum atomic E-state index is 15.2. The van der Waals surface area contributed by atoms with Gasteiger partial charge in [-0.1, -0.05) is 6.07 Å². The number of pyridine rings is 2. The summed E-state index contributed by atoms with van der Waals surface area (Å²) in [5.41, 5.74) is 0.130. The van der Waals surface area contributed by atoms with Gasteiger partial charge in [0.2, 0.25) is 0 Å². The summed E-state index contributed by atoms with van der Waals surface area (Å²) in [5.74, 6) is -3.14. The molecular weight excluding hydrogens is 434 g/mol. The zero-order valence-corrected chi connectivity index (χ0v) is 17.2. The zero-order chi connectivity index (χ0) is 23.3. The van der Waals surface area contributed by atoms with Gasteiger partial charge in [-0.15, -0.1) is 0 Å². The van der Waals surface area contributed by atoms with E-state index in [0.717, 1.165) is 36.0 Å². The van der Waals surface area contributed by atoms with E-state index in [-0.39, 0.29) is 27.9 Å². The van der Waals surface area contributed by atoms with E-state index < -0.39 is 34.3 Å². The molecule has 5 aromatic rings. The molecule has 0 saturated heterocycles. The van der Waals surface area contributed by atoms with Gasteiger partial charge in [-0.3, -0.25) is 4.79 Å². The first-order valence-corrected chi connectivity index (χ1v) is 9.94. The van der Waals surface area contributed by atoms with Crippen molar-refractivity contribution in [2.45, 2.75) is 6.92 Å². The molecule has 0 saturated carbocycles. The molecule has 164 valence electrons. The minimum Gasteiger partial charge on any atom is -0.342 e. The molecule has 3 heterocycles. The Balaban J connectivity index is 1.76. The van der Waals surface area contributed by atoms with Crippen molar-refractivity contribution in [3.8, 4) is 33.8 Å². The van der Waals surface area contributed by atoms with Crippen molar-refractivity contribution in [1.29, 1.82) is 0 Å². The molecule has 5 rings (SSSR count). The van der Waals surface area contributed by atoms with Gasteiger partial charge in [-0.25, -0.2) is 22.5 Å². The molecule has 33 heavy (non-hydrogen) atoms. The van der Waals surface area contributed by atoms with Crippen LogP contribution in [-0.2, 0) is 0 Å². The quantitative estimate of drug-likeness (QED) is 0.349. The average Bonchev–Trinajstić information content (AvgIpc) is 3.21. The van der Waals surface area contributed by atoms with Gasteiger partial charge in [0.05, 0.1) is 22.3 Å². The smallest absolute Gasteiger partial charge is 0.190 e. The molecule has 1 N–H and O–H groups in total. The number of nitrogens with one attached hydrogen (secondary N) is 1. The monoisotopic (exact) mass is 449 g/mol. The molecule has 0 atom stereocenters. The molecule has 0 bridgehead atoms. The van der Waals surface area contributed by atoms with Crippen LogP contribution in [0.2, 0.25) is 0 Å². The Labute approximate surface area is 184 Å². The lowest BCUT2D eigenvalue weighted by molar-refractivity contribution is 0.585. The first-order valence-electron chi connectivity index (χ1n) is 9.94. The van der Waals surface area contributed by atoms with E-state index in [0.29, 0.717) is 5.82 Å². The maximum absolute atomic E-state index is 15.2. The fraction of sp³-hybridized carbons (Fsp3) is 0.0400. The Morgan fingerprint density at radius 1 is 0.879 bits per heavy atom. The Bertz CT molecular complexity index is 1580. The van der Waals surface area contributed by atoms with Crippen molar-refractivity contribution < 1.29 is 17.6 Å². The SMILES string of the molecule is Cc1cnc(-c2cc(F)c(-c3c(=O)ccn4c(-c5ccc(F)cc5F)cccc34)c(F)c2)[nH]1. The van der Waals surface area contributed by atoms with E-state index in [1.165, 1.54) is 35.0 Å². The zero-order valence-electron chi connectivity index (χ0n) is 17.2. The molecule has 3 aromatic heterocycles. The molecule has 0 fully saturated rings. The molecule has 0 spiro atoms. The van der Waals surface area contributed by atoms with Crippen molar-refractivity contribution >= 4 is 5.52 Å². The van der Waals surface area contributed by atoms with Gasteiger partial charge < -0.3 is 9.38 Å². The second-order valence-electron chi connectivity index (χ2n) is 7.58. The Kier molecular flexibility index (Phi) is 4.85. The van der Waals surface area contributed by atoms with Gasteiger partial charge >= 0.3 is 0 Å². The number of benzene rings is 2. The number of halogens is 4. The van der Waals surface area contributed by atoms with Crippen LogP contribution in [0.15, 0.2) is 71.8 Å². The molecule has 8 heteroatoms. The Hall–Kier alpha value is -4.20. The fourth-order valence-electron chi connectivity index (χ4n) is 3.91. The third-order valence-electron chi connectivity index (χ3n) is 5.38. The van der Waals surface area contributed by atoms with Crippen LogP contribution in [0, 0.1) is 30.2 Å². The van der Waals surface area contributed by atoms with Gasteiger partial charge in [0.1, 0.15) is 29.1 Å². The predicted molar refractivity (Wildman–Crippen MR) is 117 cm³/mol. The minimum absolute atomic E-state index is 0.0704. The normalized spacial score (nSPS) is 11.3. The first-order chi connectivity index (χ1) is 15.8. The Morgan fingerprint density at radius 2 is 1.64 bits per heavy atom. The molecule has 0 amide bonds. The third kappa shape index (κ3) is 3.49. The largest absolute Gasteiger partial charge is 0.342 e. The van der Waals surface area contributed by atoms with Crippen LogP contribution in [0.5, 0.6) is 0 Å². The molecule has 0 aliphatic carbocycles. The lowest BCUT2D eigenvalue weighted by Gasteiger charge is -2.14. The highest BCUT2D eigenvalue weighted by molar-refractivity contribution is 5.83. The highest BCUT2D eigenvalue weighted by atomic mass is 19.1. The number of nitrogens with zero attached hydrogens (tertiary/aromatic N) is 2. The van der Waals surface area contributed by atoms with E-state index in [2.05, 4.69) is 9.97 Å². The summed E-state index contributed by atoms with van der Waals surface area (Å²) in [4.78, 5) is 19.8. The highest BCUT2D eigenvalue weighted by Gasteiger charge is 2.21. The van der Waals surface area contributed by atoms with E-state index >= 15 is 8.78 Å². The number of aryl methyl sites for hydroxylation is 1. The summed E-state index contributed by atoms with van der Waals surface area (Å²) in [6.45, 7) is 1.76. The third-order valence-corrected chi connectivity index (χ3v) is 5.38. The number of fused-ring (bicyclic) bond motifs is 1. The van der Waals surface area contributed by atoms with Gasteiger partial charge in [0.25, 0.3) is 0 Å². The van der Waals surface area contributed by atoms with Crippen molar-refractivity contribution in [3.63, 3.8) is 0 Å². The lowest BCUT2D eigenvalue weighted by atomic mass is 10.00. The van der Waals surface area contributed by atoms with Crippen LogP contribution in [0.25, 0.3) is 39.3 Å². The number of rotatable bonds is 3. The van der Waals surface area contributed by atoms with Crippen LogP contribution in [0.4, 0.5) is 17.6 Å². The van der Waals surface area contributed by atoms with Crippen LogP contribution in [0.3, 0.4) is 0 Å². The number of hydrogen-bond donors (Lipinski definition) is 1. The summed E-state index contributed by atoms with van der Waals surface area (Å²) in [6.07, 6.45) is 2.92. The number of H-pyrrole nitrogens is 1. The second kappa shape index (κ2) is 7.74. The van der Waals surface area contributed by atoms with Crippen molar-refractivity contribution in [2.75, 3.05) is 0 Å². The van der Waals surface area contributed by atoms with E-state index in [1.807, 2.05) is 0 Å². The average molecular weight is 449 g/mol. The summed E-state index contributed by atoms with van der Waals surface area (Å²) in [6, 6.07) is 11.1. The van der Waals surface area contributed by atoms with Crippen molar-refractivity contribution in [3.05, 3.63) is 106 Å². The molecular formula is C25H15F4N3O. The van der Waals surface area contributed by atoms with E-state index in [4.69, 9.17) is 0 Å². The molecule has 0 aliphatic heterocycles. The molecule has 0 aliphatic rings. The van der Waals surface area contributed by atoms with Crippen LogP contribution < -0.4 is 5.43 Å². The number of aromatic amines is 1. The molecule has 0 unspecified atom stereocenters. The Morgan fingerprint density at radius 3 is 2.30 bits per heavy atom. The van der Waals surface area contributed by atoms with Crippen LogP contribution >= 0.6 is 0 Å². The summed E-state index contributed by atoms with van der Waals surface area (Å²) >= 11 is 0. The van der Waals surface area contributed by atoms with Crippen LogP contribution in [0.1, 0.15) is 5.69 Å². The maximum Gasteiger partial charge on any atom is 0.190 e.